The van der Waals surface area contributed by atoms with Gasteiger partial charge in [0.05, 0.1) is 11.4 Å². The normalized spacial score (nSPS) is 19.0. The standard InChI is InChI=1S/C22H27FN6O2/c23-18-14-17(29-13-12-27-31-15-29)6-7-19(18)26-11-9-21(30)22(25)20(8-10-24)28-16-4-2-1-3-5-16/h1-4,6-9,11,14,16,25-28H,5,10,12-13,15,24H2/b11-9-,20-8-,25-22?. The van der Waals surface area contributed by atoms with Crippen molar-refractivity contribution in [1.29, 1.82) is 5.41 Å². The van der Waals surface area contributed by atoms with Crippen molar-refractivity contribution < 1.29 is 14.0 Å². The van der Waals surface area contributed by atoms with Crippen molar-refractivity contribution in [3.05, 3.63) is 72.4 Å². The molecular formula is C22H27FN6O2. The highest BCUT2D eigenvalue weighted by Crippen LogP contribution is 2.22. The van der Waals surface area contributed by atoms with Gasteiger partial charge in [-0.25, -0.2) is 4.39 Å². The first-order valence-electron chi connectivity index (χ1n) is 10.0. The number of carbonyl (C=O) groups is 1. The number of benzene rings is 1. The Morgan fingerprint density at radius 2 is 2.29 bits per heavy atom. The Balaban J connectivity index is 1.58. The maximum absolute atomic E-state index is 14.4. The van der Waals surface area contributed by atoms with E-state index in [9.17, 15) is 9.18 Å². The molecule has 0 amide bonds. The maximum atomic E-state index is 14.4. The lowest BCUT2D eigenvalue weighted by Crippen LogP contribution is -2.41. The van der Waals surface area contributed by atoms with E-state index in [-0.39, 0.29) is 24.0 Å². The van der Waals surface area contributed by atoms with Crippen LogP contribution in [0.2, 0.25) is 0 Å². The van der Waals surface area contributed by atoms with Crippen LogP contribution < -0.4 is 26.7 Å². The Hall–Kier alpha value is -3.27. The predicted molar refractivity (Wildman–Crippen MR) is 120 cm³/mol. The van der Waals surface area contributed by atoms with E-state index in [2.05, 4.69) is 16.1 Å². The van der Waals surface area contributed by atoms with Gasteiger partial charge < -0.3 is 21.3 Å². The van der Waals surface area contributed by atoms with Crippen molar-refractivity contribution in [2.75, 3.05) is 36.6 Å². The number of anilines is 2. The summed E-state index contributed by atoms with van der Waals surface area (Å²) in [6, 6.07) is 4.77. The zero-order valence-corrected chi connectivity index (χ0v) is 17.1. The van der Waals surface area contributed by atoms with E-state index in [0.717, 1.165) is 6.42 Å². The molecule has 1 atom stereocenters. The van der Waals surface area contributed by atoms with Crippen molar-refractivity contribution in [3.8, 4) is 0 Å². The zero-order chi connectivity index (χ0) is 22.1. The SMILES string of the molecule is N=C(C(=O)/C=C\Nc1ccc(N2CCNOC2)cc1F)/C(=C/CN)NC1C=CC=CC1. The third kappa shape index (κ3) is 6.35. The minimum absolute atomic E-state index is 0.00764. The Morgan fingerprint density at radius 3 is 2.97 bits per heavy atom. The summed E-state index contributed by atoms with van der Waals surface area (Å²) in [5.41, 5.74) is 9.46. The first-order valence-corrected chi connectivity index (χ1v) is 10.0. The van der Waals surface area contributed by atoms with Gasteiger partial charge in [0, 0.05) is 43.6 Å². The van der Waals surface area contributed by atoms with Gasteiger partial charge in [-0.15, -0.1) is 0 Å². The Morgan fingerprint density at radius 1 is 1.42 bits per heavy atom. The second-order valence-electron chi connectivity index (χ2n) is 6.97. The van der Waals surface area contributed by atoms with E-state index in [0.29, 0.717) is 31.2 Å². The number of rotatable bonds is 9. The van der Waals surface area contributed by atoms with Gasteiger partial charge in [0.2, 0.25) is 5.78 Å². The number of halogens is 1. The van der Waals surface area contributed by atoms with Crippen LogP contribution in [0.3, 0.4) is 0 Å². The number of ketones is 1. The van der Waals surface area contributed by atoms with E-state index in [1.165, 1.54) is 18.3 Å². The van der Waals surface area contributed by atoms with E-state index < -0.39 is 11.6 Å². The lowest BCUT2D eigenvalue weighted by molar-refractivity contribution is -0.108. The largest absolute Gasteiger partial charge is 0.377 e. The molecule has 1 saturated heterocycles. The Bertz CT molecular complexity index is 919. The number of nitrogens with one attached hydrogen (secondary N) is 4. The van der Waals surface area contributed by atoms with Crippen LogP contribution in [-0.2, 0) is 9.63 Å². The molecule has 0 radical (unpaired) electrons. The third-order valence-corrected chi connectivity index (χ3v) is 4.76. The summed E-state index contributed by atoms with van der Waals surface area (Å²) in [5.74, 6) is -0.976. The number of nitrogens with zero attached hydrogens (tertiary/aromatic N) is 1. The van der Waals surface area contributed by atoms with Crippen LogP contribution in [0.5, 0.6) is 0 Å². The predicted octanol–water partition coefficient (Wildman–Crippen LogP) is 1.96. The van der Waals surface area contributed by atoms with Gasteiger partial charge in [0.1, 0.15) is 18.3 Å². The molecule has 1 aliphatic heterocycles. The molecule has 2 aliphatic rings. The zero-order valence-electron chi connectivity index (χ0n) is 17.1. The molecule has 1 aliphatic carbocycles. The minimum atomic E-state index is -0.523. The third-order valence-electron chi connectivity index (χ3n) is 4.76. The summed E-state index contributed by atoms with van der Waals surface area (Å²) in [6.45, 7) is 1.90. The molecule has 3 rings (SSSR count). The summed E-state index contributed by atoms with van der Waals surface area (Å²) in [5, 5.41) is 14.1. The van der Waals surface area contributed by atoms with Crippen LogP contribution in [0, 0.1) is 11.2 Å². The number of hydrogen-bond donors (Lipinski definition) is 5. The van der Waals surface area contributed by atoms with Crippen LogP contribution in [0.25, 0.3) is 0 Å². The number of allylic oxidation sites excluding steroid dienone is 4. The molecule has 6 N–H and O–H groups in total. The number of nitrogens with two attached hydrogens (primary N) is 1. The summed E-state index contributed by atoms with van der Waals surface area (Å²) >= 11 is 0. The van der Waals surface area contributed by atoms with Gasteiger partial charge >= 0.3 is 0 Å². The van der Waals surface area contributed by atoms with Crippen molar-refractivity contribution in [2.45, 2.75) is 12.5 Å². The van der Waals surface area contributed by atoms with Crippen LogP contribution >= 0.6 is 0 Å². The first-order chi connectivity index (χ1) is 15.1. The van der Waals surface area contributed by atoms with Crippen molar-refractivity contribution in [2.24, 2.45) is 5.73 Å². The fraction of sp³-hybridized carbons (Fsp3) is 0.273. The first kappa shape index (κ1) is 22.4. The van der Waals surface area contributed by atoms with E-state index in [4.69, 9.17) is 16.0 Å². The molecule has 0 saturated carbocycles. The average Bonchev–Trinajstić information content (AvgIpc) is 2.80. The van der Waals surface area contributed by atoms with Crippen LogP contribution in [0.1, 0.15) is 6.42 Å². The van der Waals surface area contributed by atoms with Gasteiger partial charge in [-0.05, 0) is 30.7 Å². The molecular weight excluding hydrogens is 399 g/mol. The highest BCUT2D eigenvalue weighted by molar-refractivity contribution is 6.48. The maximum Gasteiger partial charge on any atom is 0.207 e. The quantitative estimate of drug-likeness (QED) is 0.303. The fourth-order valence-electron chi connectivity index (χ4n) is 3.12. The molecule has 1 fully saturated rings. The van der Waals surface area contributed by atoms with Crippen molar-refractivity contribution >= 4 is 22.9 Å². The second-order valence-corrected chi connectivity index (χ2v) is 6.97. The second kappa shape index (κ2) is 11.2. The Kier molecular flexibility index (Phi) is 8.11. The van der Waals surface area contributed by atoms with Crippen LogP contribution in [0.4, 0.5) is 15.8 Å². The molecule has 164 valence electrons. The van der Waals surface area contributed by atoms with Gasteiger partial charge in [0.25, 0.3) is 0 Å². The molecule has 1 aromatic rings. The topological polar surface area (TPSA) is 116 Å². The monoisotopic (exact) mass is 426 g/mol. The van der Waals surface area contributed by atoms with Crippen LogP contribution in [0.15, 0.2) is 66.6 Å². The molecule has 0 spiro atoms. The molecule has 0 aromatic heterocycles. The molecule has 1 heterocycles. The molecule has 9 heteroatoms. The van der Waals surface area contributed by atoms with Gasteiger partial charge in [-0.3, -0.25) is 15.0 Å². The van der Waals surface area contributed by atoms with Gasteiger partial charge in [-0.1, -0.05) is 24.3 Å². The van der Waals surface area contributed by atoms with Gasteiger partial charge in [-0.2, -0.15) is 5.48 Å². The fourth-order valence-corrected chi connectivity index (χ4v) is 3.12. The summed E-state index contributed by atoms with van der Waals surface area (Å²) in [4.78, 5) is 19.5. The molecule has 31 heavy (non-hydrogen) atoms. The molecule has 1 unspecified atom stereocenters. The van der Waals surface area contributed by atoms with Gasteiger partial charge in [0.15, 0.2) is 0 Å². The van der Waals surface area contributed by atoms with E-state index in [1.54, 1.807) is 18.2 Å². The summed E-state index contributed by atoms with van der Waals surface area (Å²) in [6.07, 6.45) is 12.7. The highest BCUT2D eigenvalue weighted by Gasteiger charge is 2.16. The van der Waals surface area contributed by atoms with E-state index >= 15 is 0 Å². The van der Waals surface area contributed by atoms with Crippen LogP contribution in [-0.4, -0.2) is 43.9 Å². The Labute approximate surface area is 180 Å². The van der Waals surface area contributed by atoms with Crippen molar-refractivity contribution in [1.82, 2.24) is 10.8 Å². The molecule has 0 bridgehead atoms. The highest BCUT2D eigenvalue weighted by atomic mass is 19.1. The molecule has 8 nitrogen and oxygen atoms in total. The number of carbonyl (C=O) groups excluding carboxylic acids is 1. The van der Waals surface area contributed by atoms with E-state index in [1.807, 2.05) is 29.2 Å². The van der Waals surface area contributed by atoms with Crippen molar-refractivity contribution in [3.63, 3.8) is 0 Å². The average molecular weight is 426 g/mol. The lowest BCUT2D eigenvalue weighted by Gasteiger charge is -2.28. The summed E-state index contributed by atoms with van der Waals surface area (Å²) in [7, 11) is 0. The lowest BCUT2D eigenvalue weighted by atomic mass is 10.1. The molecule has 1 aromatic carbocycles. The summed E-state index contributed by atoms with van der Waals surface area (Å²) < 4.78 is 14.4. The number of hydrogen-bond acceptors (Lipinski definition) is 8. The smallest absolute Gasteiger partial charge is 0.207 e. The number of hydroxylamine groups is 1. The minimum Gasteiger partial charge on any atom is -0.377 e.